The summed E-state index contributed by atoms with van der Waals surface area (Å²) in [4.78, 5) is 11.9. The van der Waals surface area contributed by atoms with Crippen LogP contribution in [0.2, 0.25) is 5.02 Å². The Hall–Kier alpha value is -2.07. The molecule has 2 rings (SSSR count). The van der Waals surface area contributed by atoms with E-state index in [1.165, 1.54) is 24.3 Å². The first kappa shape index (κ1) is 16.3. The van der Waals surface area contributed by atoms with Gasteiger partial charge in [0.15, 0.2) is 6.10 Å². The molecular weight excluding hydrogens is 305 g/mol. The summed E-state index contributed by atoms with van der Waals surface area (Å²) in [6.45, 7) is 2.17. The van der Waals surface area contributed by atoms with E-state index in [1.807, 2.05) is 24.3 Å². The van der Waals surface area contributed by atoms with Crippen molar-refractivity contribution in [1.82, 2.24) is 5.32 Å². The zero-order chi connectivity index (χ0) is 15.9. The molecule has 0 fully saturated rings. The smallest absolute Gasteiger partial charge is 0.260 e. The molecular formula is C17H17ClFNO2. The lowest BCUT2D eigenvalue weighted by atomic mass is 10.1. The molecule has 5 heteroatoms. The molecule has 2 aromatic rings. The summed E-state index contributed by atoms with van der Waals surface area (Å²) < 4.78 is 18.2. The number of rotatable bonds is 6. The van der Waals surface area contributed by atoms with E-state index in [0.29, 0.717) is 23.7 Å². The molecule has 0 aliphatic rings. The fourth-order valence-corrected chi connectivity index (χ4v) is 2.02. The van der Waals surface area contributed by atoms with Crippen molar-refractivity contribution in [2.45, 2.75) is 19.4 Å². The number of nitrogens with one attached hydrogen (secondary N) is 1. The molecule has 0 saturated carbocycles. The molecule has 0 aromatic heterocycles. The van der Waals surface area contributed by atoms with E-state index in [1.54, 1.807) is 6.92 Å². The number of halogens is 2. The van der Waals surface area contributed by atoms with Gasteiger partial charge in [-0.3, -0.25) is 4.79 Å². The molecule has 1 amide bonds. The third kappa shape index (κ3) is 5.04. The third-order valence-electron chi connectivity index (χ3n) is 3.12. The van der Waals surface area contributed by atoms with Crippen LogP contribution in [0, 0.1) is 5.82 Å². The highest BCUT2D eigenvalue weighted by Gasteiger charge is 2.13. The van der Waals surface area contributed by atoms with Crippen molar-refractivity contribution in [3.63, 3.8) is 0 Å². The van der Waals surface area contributed by atoms with Crippen molar-refractivity contribution >= 4 is 17.5 Å². The lowest BCUT2D eigenvalue weighted by Crippen LogP contribution is -2.37. The van der Waals surface area contributed by atoms with E-state index >= 15 is 0 Å². The van der Waals surface area contributed by atoms with Gasteiger partial charge in [0.1, 0.15) is 11.6 Å². The normalized spacial score (nSPS) is 11.8. The number of hydrogen-bond acceptors (Lipinski definition) is 2. The van der Waals surface area contributed by atoms with Gasteiger partial charge in [-0.2, -0.15) is 0 Å². The molecule has 0 aliphatic heterocycles. The van der Waals surface area contributed by atoms with Crippen LogP contribution in [0.3, 0.4) is 0 Å². The van der Waals surface area contributed by atoms with E-state index < -0.39 is 6.10 Å². The van der Waals surface area contributed by atoms with Gasteiger partial charge in [-0.15, -0.1) is 0 Å². The van der Waals surface area contributed by atoms with E-state index in [0.717, 1.165) is 5.56 Å². The summed E-state index contributed by atoms with van der Waals surface area (Å²) in [7, 11) is 0. The minimum atomic E-state index is -0.643. The molecule has 0 aliphatic carbocycles. The molecule has 116 valence electrons. The Labute approximate surface area is 134 Å². The van der Waals surface area contributed by atoms with E-state index in [-0.39, 0.29) is 11.7 Å². The number of amides is 1. The second kappa shape index (κ2) is 7.80. The Balaban J connectivity index is 1.76. The Morgan fingerprint density at radius 3 is 2.45 bits per heavy atom. The third-order valence-corrected chi connectivity index (χ3v) is 3.37. The van der Waals surface area contributed by atoms with Crippen molar-refractivity contribution in [3.05, 3.63) is 64.9 Å². The monoisotopic (exact) mass is 321 g/mol. The van der Waals surface area contributed by atoms with Crippen LogP contribution < -0.4 is 10.1 Å². The number of ether oxygens (including phenoxy) is 1. The van der Waals surface area contributed by atoms with Gasteiger partial charge in [0.25, 0.3) is 5.91 Å². The average Bonchev–Trinajstić information content (AvgIpc) is 2.51. The summed E-state index contributed by atoms with van der Waals surface area (Å²) in [5, 5.41) is 3.50. The first-order valence-electron chi connectivity index (χ1n) is 6.99. The molecule has 1 N–H and O–H groups in total. The molecule has 0 heterocycles. The van der Waals surface area contributed by atoms with Crippen molar-refractivity contribution in [1.29, 1.82) is 0 Å². The van der Waals surface area contributed by atoms with E-state index in [9.17, 15) is 9.18 Å². The molecule has 1 atom stereocenters. The zero-order valence-corrected chi connectivity index (χ0v) is 12.9. The van der Waals surface area contributed by atoms with E-state index in [4.69, 9.17) is 16.3 Å². The molecule has 0 spiro atoms. The molecule has 2 aromatic carbocycles. The standard InChI is InChI=1S/C17H17ClFNO2/c1-12(22-16-8-6-15(19)7-9-16)17(21)20-11-10-13-2-4-14(18)5-3-13/h2-9,12H,10-11H2,1H3,(H,20,21)/t12-/m0/s1. The fourth-order valence-electron chi connectivity index (χ4n) is 1.90. The molecule has 0 radical (unpaired) electrons. The average molecular weight is 322 g/mol. The zero-order valence-electron chi connectivity index (χ0n) is 12.2. The lowest BCUT2D eigenvalue weighted by Gasteiger charge is -2.14. The summed E-state index contributed by atoms with van der Waals surface area (Å²) in [5.74, 6) is -0.0903. The van der Waals surface area contributed by atoms with Crippen LogP contribution in [-0.2, 0) is 11.2 Å². The number of benzene rings is 2. The highest BCUT2D eigenvalue weighted by Crippen LogP contribution is 2.13. The van der Waals surface area contributed by atoms with Crippen LogP contribution in [0.5, 0.6) is 5.75 Å². The van der Waals surface area contributed by atoms with Gasteiger partial charge in [0.2, 0.25) is 0 Å². The van der Waals surface area contributed by atoms with Gasteiger partial charge in [0.05, 0.1) is 0 Å². The van der Waals surface area contributed by atoms with Crippen molar-refractivity contribution in [3.8, 4) is 5.75 Å². The van der Waals surface area contributed by atoms with Crippen LogP contribution in [0.4, 0.5) is 4.39 Å². The highest BCUT2D eigenvalue weighted by atomic mass is 35.5. The molecule has 0 unspecified atom stereocenters. The molecule has 3 nitrogen and oxygen atoms in total. The van der Waals surface area contributed by atoms with Crippen LogP contribution >= 0.6 is 11.6 Å². The predicted molar refractivity (Wildman–Crippen MR) is 84.7 cm³/mol. The Morgan fingerprint density at radius 2 is 1.82 bits per heavy atom. The maximum atomic E-state index is 12.8. The van der Waals surface area contributed by atoms with Crippen LogP contribution in [0.15, 0.2) is 48.5 Å². The molecule has 0 bridgehead atoms. The maximum Gasteiger partial charge on any atom is 0.260 e. The Kier molecular flexibility index (Phi) is 5.78. The number of carbonyl (C=O) groups excluding carboxylic acids is 1. The lowest BCUT2D eigenvalue weighted by molar-refractivity contribution is -0.127. The second-order valence-corrected chi connectivity index (χ2v) is 5.32. The first-order chi connectivity index (χ1) is 10.5. The largest absolute Gasteiger partial charge is 0.481 e. The van der Waals surface area contributed by atoms with Gasteiger partial charge in [-0.25, -0.2) is 4.39 Å². The molecule has 0 saturated heterocycles. The first-order valence-corrected chi connectivity index (χ1v) is 7.37. The van der Waals surface area contributed by atoms with Crippen molar-refractivity contribution < 1.29 is 13.9 Å². The highest BCUT2D eigenvalue weighted by molar-refractivity contribution is 6.30. The number of carbonyl (C=O) groups is 1. The fraction of sp³-hybridized carbons (Fsp3) is 0.235. The van der Waals surface area contributed by atoms with Crippen LogP contribution in [0.1, 0.15) is 12.5 Å². The quantitative estimate of drug-likeness (QED) is 0.882. The van der Waals surface area contributed by atoms with Crippen molar-refractivity contribution in [2.24, 2.45) is 0 Å². The topological polar surface area (TPSA) is 38.3 Å². The Bertz CT molecular complexity index is 614. The summed E-state index contributed by atoms with van der Waals surface area (Å²) >= 11 is 5.81. The second-order valence-electron chi connectivity index (χ2n) is 4.88. The molecule has 22 heavy (non-hydrogen) atoms. The Morgan fingerprint density at radius 1 is 1.18 bits per heavy atom. The van der Waals surface area contributed by atoms with Crippen molar-refractivity contribution in [2.75, 3.05) is 6.54 Å². The number of hydrogen-bond donors (Lipinski definition) is 1. The predicted octanol–water partition coefficient (Wildman–Crippen LogP) is 3.61. The van der Waals surface area contributed by atoms with Gasteiger partial charge < -0.3 is 10.1 Å². The SMILES string of the molecule is C[C@H](Oc1ccc(F)cc1)C(=O)NCCc1ccc(Cl)cc1. The van der Waals surface area contributed by atoms with E-state index in [2.05, 4.69) is 5.32 Å². The summed E-state index contributed by atoms with van der Waals surface area (Å²) in [6, 6.07) is 13.1. The summed E-state index contributed by atoms with van der Waals surface area (Å²) in [5.41, 5.74) is 1.09. The van der Waals surface area contributed by atoms with Gasteiger partial charge in [-0.1, -0.05) is 23.7 Å². The maximum absolute atomic E-state index is 12.8. The van der Waals surface area contributed by atoms with Gasteiger partial charge in [0, 0.05) is 11.6 Å². The minimum absolute atomic E-state index is 0.210. The van der Waals surface area contributed by atoms with Gasteiger partial charge >= 0.3 is 0 Å². The van der Waals surface area contributed by atoms with Crippen LogP contribution in [0.25, 0.3) is 0 Å². The van der Waals surface area contributed by atoms with Gasteiger partial charge in [-0.05, 0) is 55.3 Å². The van der Waals surface area contributed by atoms with Crippen LogP contribution in [-0.4, -0.2) is 18.6 Å². The minimum Gasteiger partial charge on any atom is -0.481 e. The summed E-state index contributed by atoms with van der Waals surface area (Å²) in [6.07, 6.45) is 0.0716.